The largest absolute Gasteiger partial charge is 0.506 e. The summed E-state index contributed by atoms with van der Waals surface area (Å²) >= 11 is 6.58. The van der Waals surface area contributed by atoms with E-state index in [1.165, 1.54) is 12.0 Å². The average Bonchev–Trinajstić information content (AvgIpc) is 2.68. The predicted octanol–water partition coefficient (Wildman–Crippen LogP) is 4.63. The zero-order chi connectivity index (χ0) is 20.4. The Morgan fingerprint density at radius 2 is 1.82 bits per heavy atom. The van der Waals surface area contributed by atoms with Gasteiger partial charge < -0.3 is 15.2 Å². The Labute approximate surface area is 179 Å². The second kappa shape index (κ2) is 8.36. The Balaban J connectivity index is 2.07. The average molecular weight is 510 g/mol. The van der Waals surface area contributed by atoms with Gasteiger partial charge in [-0.15, -0.1) is 0 Å². The highest BCUT2D eigenvalue weighted by molar-refractivity contribution is 9.11. The van der Waals surface area contributed by atoms with Gasteiger partial charge >= 0.3 is 12.0 Å². The Morgan fingerprint density at radius 3 is 2.39 bits per heavy atom. The number of hydrogen-bond donors (Lipinski definition) is 2. The molecule has 3 rings (SSSR count). The van der Waals surface area contributed by atoms with E-state index in [4.69, 9.17) is 4.74 Å². The van der Waals surface area contributed by atoms with Crippen LogP contribution in [0.5, 0.6) is 5.75 Å². The van der Waals surface area contributed by atoms with Crippen LogP contribution in [0.4, 0.5) is 4.79 Å². The number of ether oxygens (including phenoxy) is 1. The fourth-order valence-electron chi connectivity index (χ4n) is 3.11. The number of hydrogen-bond acceptors (Lipinski definition) is 4. The number of amides is 2. The summed E-state index contributed by atoms with van der Waals surface area (Å²) in [6, 6.07) is 11.8. The Bertz CT molecular complexity index is 937. The number of phenols is 1. The Morgan fingerprint density at radius 1 is 1.21 bits per heavy atom. The summed E-state index contributed by atoms with van der Waals surface area (Å²) in [6.07, 6.45) is 0. The van der Waals surface area contributed by atoms with Gasteiger partial charge in [-0.3, -0.25) is 4.90 Å². The molecule has 1 heterocycles. The number of benzene rings is 2. The Hall–Kier alpha value is -2.32. The molecule has 0 aromatic heterocycles. The van der Waals surface area contributed by atoms with Gasteiger partial charge in [-0.1, -0.05) is 30.3 Å². The molecule has 8 heteroatoms. The first-order valence-corrected chi connectivity index (χ1v) is 10.0. The van der Waals surface area contributed by atoms with Crippen LogP contribution < -0.4 is 5.32 Å². The minimum Gasteiger partial charge on any atom is -0.506 e. The van der Waals surface area contributed by atoms with Crippen molar-refractivity contribution >= 4 is 43.9 Å². The first-order chi connectivity index (χ1) is 13.3. The molecule has 0 unspecified atom stereocenters. The molecule has 0 aliphatic carbocycles. The molecule has 2 aromatic carbocycles. The van der Waals surface area contributed by atoms with Crippen LogP contribution >= 0.6 is 31.9 Å². The summed E-state index contributed by atoms with van der Waals surface area (Å²) in [7, 11) is 1.31. The summed E-state index contributed by atoms with van der Waals surface area (Å²) in [5.74, 6) is -0.488. The number of methoxy groups -OCH3 is 1. The van der Waals surface area contributed by atoms with Crippen LogP contribution in [0.2, 0.25) is 0 Å². The van der Waals surface area contributed by atoms with Crippen molar-refractivity contribution < 1.29 is 19.4 Å². The van der Waals surface area contributed by atoms with Gasteiger partial charge in [0.1, 0.15) is 5.75 Å². The summed E-state index contributed by atoms with van der Waals surface area (Å²) in [6.45, 7) is 2.06. The third-order valence-corrected chi connectivity index (χ3v) is 5.77. The monoisotopic (exact) mass is 508 g/mol. The van der Waals surface area contributed by atoms with Gasteiger partial charge in [0, 0.05) is 5.70 Å². The van der Waals surface area contributed by atoms with E-state index in [-0.39, 0.29) is 11.8 Å². The second-order valence-electron chi connectivity index (χ2n) is 6.28. The zero-order valence-corrected chi connectivity index (χ0v) is 18.4. The van der Waals surface area contributed by atoms with E-state index in [9.17, 15) is 14.7 Å². The van der Waals surface area contributed by atoms with Crippen LogP contribution in [0, 0.1) is 0 Å². The van der Waals surface area contributed by atoms with Crippen molar-refractivity contribution in [2.24, 2.45) is 0 Å². The lowest BCUT2D eigenvalue weighted by Crippen LogP contribution is -2.47. The highest BCUT2D eigenvalue weighted by Gasteiger charge is 2.36. The number of nitrogens with one attached hydrogen (secondary N) is 1. The molecule has 1 atom stereocenters. The Kier molecular flexibility index (Phi) is 6.10. The van der Waals surface area contributed by atoms with Crippen molar-refractivity contribution in [3.8, 4) is 5.75 Å². The number of carbonyl (C=O) groups is 2. The van der Waals surface area contributed by atoms with E-state index in [1.807, 2.05) is 30.3 Å². The van der Waals surface area contributed by atoms with Gasteiger partial charge in [-0.2, -0.15) is 0 Å². The lowest BCUT2D eigenvalue weighted by atomic mass is 9.94. The number of rotatable bonds is 4. The minimum atomic E-state index is -0.708. The third kappa shape index (κ3) is 3.93. The van der Waals surface area contributed by atoms with Crippen LogP contribution in [0.15, 0.2) is 62.7 Å². The quantitative estimate of drug-likeness (QED) is 0.589. The van der Waals surface area contributed by atoms with Crippen molar-refractivity contribution in [3.63, 3.8) is 0 Å². The van der Waals surface area contributed by atoms with E-state index in [0.29, 0.717) is 32.3 Å². The second-order valence-corrected chi connectivity index (χ2v) is 7.99. The number of esters is 1. The number of phenolic OH excluding ortho intramolecular Hbond substituents is 1. The SMILES string of the molecule is COC(=O)C1=C(C)N(Cc2ccccc2)C(=O)N[C@@H]1c1cc(Br)c(O)c(Br)c1. The van der Waals surface area contributed by atoms with Crippen molar-refractivity contribution in [1.82, 2.24) is 10.2 Å². The van der Waals surface area contributed by atoms with E-state index < -0.39 is 12.0 Å². The molecule has 0 saturated carbocycles. The summed E-state index contributed by atoms with van der Waals surface area (Å²) in [4.78, 5) is 26.9. The molecule has 28 heavy (non-hydrogen) atoms. The van der Waals surface area contributed by atoms with Crippen LogP contribution in [-0.2, 0) is 16.1 Å². The molecule has 0 radical (unpaired) electrons. The predicted molar refractivity (Wildman–Crippen MR) is 111 cm³/mol. The standard InChI is InChI=1S/C20H18Br2N2O4/c1-11-16(19(26)28-2)17(13-8-14(21)18(25)15(22)9-13)23-20(27)24(11)10-12-6-4-3-5-7-12/h3-9,17,25H,10H2,1-2H3,(H,23,27)/t17-/m1/s1. The maximum Gasteiger partial charge on any atom is 0.337 e. The molecule has 1 aliphatic heterocycles. The van der Waals surface area contributed by atoms with Crippen molar-refractivity contribution in [1.29, 1.82) is 0 Å². The third-order valence-electron chi connectivity index (χ3n) is 4.56. The van der Waals surface area contributed by atoms with Crippen molar-refractivity contribution in [3.05, 3.63) is 73.8 Å². The number of carbonyl (C=O) groups excluding carboxylic acids is 2. The summed E-state index contributed by atoms with van der Waals surface area (Å²) < 4.78 is 5.87. The fourth-order valence-corrected chi connectivity index (χ4v) is 4.34. The van der Waals surface area contributed by atoms with Crippen LogP contribution in [-0.4, -0.2) is 29.1 Å². The minimum absolute atomic E-state index is 0.0388. The normalized spacial score (nSPS) is 16.8. The van der Waals surface area contributed by atoms with Crippen molar-refractivity contribution in [2.75, 3.05) is 7.11 Å². The fraction of sp³-hybridized carbons (Fsp3) is 0.200. The number of urea groups is 1. The summed E-state index contributed by atoms with van der Waals surface area (Å²) in [5, 5.41) is 12.8. The maximum absolute atomic E-state index is 12.8. The van der Waals surface area contributed by atoms with Crippen molar-refractivity contribution in [2.45, 2.75) is 19.5 Å². The molecule has 0 spiro atoms. The van der Waals surface area contributed by atoms with Gasteiger partial charge in [0.2, 0.25) is 0 Å². The maximum atomic E-state index is 12.8. The zero-order valence-electron chi connectivity index (χ0n) is 15.2. The van der Waals surface area contributed by atoms with Gasteiger partial charge in [-0.05, 0) is 62.0 Å². The highest BCUT2D eigenvalue weighted by atomic mass is 79.9. The van der Waals surface area contributed by atoms with Gasteiger partial charge in [0.05, 0.1) is 34.2 Å². The molecule has 0 fully saturated rings. The molecular formula is C20H18Br2N2O4. The number of aromatic hydroxyl groups is 1. The van der Waals surface area contributed by atoms with Gasteiger partial charge in [-0.25, -0.2) is 9.59 Å². The van der Waals surface area contributed by atoms with E-state index in [2.05, 4.69) is 37.2 Å². The summed E-state index contributed by atoms with van der Waals surface area (Å²) in [5.41, 5.74) is 2.42. The van der Waals surface area contributed by atoms with Gasteiger partial charge in [0.15, 0.2) is 0 Å². The molecule has 0 saturated heterocycles. The molecule has 2 N–H and O–H groups in total. The van der Waals surface area contributed by atoms with E-state index >= 15 is 0 Å². The van der Waals surface area contributed by atoms with Gasteiger partial charge in [0.25, 0.3) is 0 Å². The first kappa shape index (κ1) is 20.4. The molecule has 2 aromatic rings. The lowest BCUT2D eigenvalue weighted by Gasteiger charge is -2.35. The van der Waals surface area contributed by atoms with E-state index in [0.717, 1.165) is 5.56 Å². The lowest BCUT2D eigenvalue weighted by molar-refractivity contribution is -0.136. The molecular weight excluding hydrogens is 492 g/mol. The van der Waals surface area contributed by atoms with Crippen LogP contribution in [0.1, 0.15) is 24.1 Å². The van der Waals surface area contributed by atoms with Crippen LogP contribution in [0.25, 0.3) is 0 Å². The molecule has 2 amide bonds. The number of halogens is 2. The molecule has 146 valence electrons. The number of allylic oxidation sites excluding steroid dienone is 1. The first-order valence-electron chi connectivity index (χ1n) is 8.42. The number of nitrogens with zero attached hydrogens (tertiary/aromatic N) is 1. The van der Waals surface area contributed by atoms with Crippen LogP contribution in [0.3, 0.4) is 0 Å². The molecule has 6 nitrogen and oxygen atoms in total. The smallest absolute Gasteiger partial charge is 0.337 e. The van der Waals surface area contributed by atoms with E-state index in [1.54, 1.807) is 19.1 Å². The molecule has 1 aliphatic rings. The highest BCUT2D eigenvalue weighted by Crippen LogP contribution is 2.39. The topological polar surface area (TPSA) is 78.9 Å². The molecule has 0 bridgehead atoms.